The molecule has 0 aliphatic carbocycles. The first-order valence-corrected chi connectivity index (χ1v) is 8.56. The number of hydrogen-bond acceptors (Lipinski definition) is 4. The molecule has 0 heterocycles. The summed E-state index contributed by atoms with van der Waals surface area (Å²) < 4.78 is 19.5. The summed E-state index contributed by atoms with van der Waals surface area (Å²) in [7, 11) is 1.97. The summed E-state index contributed by atoms with van der Waals surface area (Å²) in [5.74, 6) is -0.814. The molecule has 0 bridgehead atoms. The second-order valence-corrected chi connectivity index (χ2v) is 6.38. The normalized spacial score (nSPS) is 12.2. The van der Waals surface area contributed by atoms with Gasteiger partial charge in [-0.3, -0.25) is 9.69 Å². The molecule has 142 valence electrons. The van der Waals surface area contributed by atoms with Crippen molar-refractivity contribution in [1.82, 2.24) is 4.90 Å². The van der Waals surface area contributed by atoms with Crippen LogP contribution in [0.15, 0.2) is 54.7 Å². The third-order valence-corrected chi connectivity index (χ3v) is 3.53. The zero-order chi connectivity index (χ0) is 19.5. The van der Waals surface area contributed by atoms with Crippen LogP contribution in [0, 0.1) is 5.82 Å². The van der Waals surface area contributed by atoms with Gasteiger partial charge in [0.15, 0.2) is 17.3 Å². The van der Waals surface area contributed by atoms with Gasteiger partial charge < -0.3 is 9.84 Å². The number of rotatable bonds is 11. The van der Waals surface area contributed by atoms with E-state index in [1.165, 1.54) is 12.1 Å². The number of ether oxygens (including phenoxy) is 1. The van der Waals surface area contributed by atoms with Crippen LogP contribution < -0.4 is 4.74 Å². The van der Waals surface area contributed by atoms with Crippen LogP contribution in [0.5, 0.6) is 5.75 Å². The van der Waals surface area contributed by atoms with Gasteiger partial charge in [-0.1, -0.05) is 29.9 Å². The summed E-state index contributed by atoms with van der Waals surface area (Å²) in [6.07, 6.45) is 6.23. The Hall–Kier alpha value is -2.24. The molecule has 26 heavy (non-hydrogen) atoms. The van der Waals surface area contributed by atoms with E-state index in [9.17, 15) is 14.3 Å². The van der Waals surface area contributed by atoms with Gasteiger partial charge in [-0.05, 0) is 39.1 Å². The molecule has 0 aliphatic heterocycles. The lowest BCUT2D eigenvalue weighted by molar-refractivity contribution is 0.0921. The SMILES string of the molecule is C=CCN(C)C/C=C/COc1ccc(C(=O)C[C@H](O)C=C(C)C)cc1F. The molecule has 1 N–H and O–H groups in total. The van der Waals surface area contributed by atoms with Gasteiger partial charge in [0.25, 0.3) is 0 Å². The maximum absolute atomic E-state index is 14.1. The van der Waals surface area contributed by atoms with Crippen molar-refractivity contribution in [2.24, 2.45) is 0 Å². The molecular weight excluding hydrogens is 333 g/mol. The zero-order valence-corrected chi connectivity index (χ0v) is 15.7. The molecule has 1 rings (SSSR count). The van der Waals surface area contributed by atoms with Crippen LogP contribution in [-0.2, 0) is 0 Å². The largest absolute Gasteiger partial charge is 0.486 e. The highest BCUT2D eigenvalue weighted by atomic mass is 19.1. The van der Waals surface area contributed by atoms with Crippen molar-refractivity contribution in [3.63, 3.8) is 0 Å². The molecule has 1 atom stereocenters. The predicted molar refractivity (Wildman–Crippen MR) is 103 cm³/mol. The number of ketones is 1. The summed E-state index contributed by atoms with van der Waals surface area (Å²) in [5, 5.41) is 9.78. The van der Waals surface area contributed by atoms with Gasteiger partial charge in [0.05, 0.1) is 6.10 Å². The van der Waals surface area contributed by atoms with Crippen molar-refractivity contribution in [1.29, 1.82) is 0 Å². The number of aliphatic hydroxyl groups excluding tert-OH is 1. The zero-order valence-electron chi connectivity index (χ0n) is 15.7. The number of halogens is 1. The summed E-state index contributed by atoms with van der Waals surface area (Å²) in [4.78, 5) is 14.2. The molecule has 0 spiro atoms. The second kappa shape index (κ2) is 11.4. The Labute approximate surface area is 155 Å². The van der Waals surface area contributed by atoms with E-state index in [1.807, 2.05) is 39.1 Å². The molecular formula is C21H28FNO3. The smallest absolute Gasteiger partial charge is 0.165 e. The number of hydrogen-bond donors (Lipinski definition) is 1. The number of likely N-dealkylation sites (N-methyl/N-ethyl adjacent to an activating group) is 1. The molecule has 1 aromatic carbocycles. The first-order chi connectivity index (χ1) is 12.3. The van der Waals surface area contributed by atoms with E-state index in [2.05, 4.69) is 11.5 Å². The standard InChI is InChI=1S/C21H28FNO3/c1-5-10-23(4)11-6-7-12-26-21-9-8-17(14-19(21)22)20(25)15-18(24)13-16(2)3/h5-9,13-14,18,24H,1,10-12,15H2,2-4H3/b7-6+/t18-/m1/s1. The quantitative estimate of drug-likeness (QED) is 0.481. The fourth-order valence-corrected chi connectivity index (χ4v) is 2.30. The summed E-state index contributed by atoms with van der Waals surface area (Å²) >= 11 is 0. The molecule has 0 radical (unpaired) electrons. The van der Waals surface area contributed by atoms with E-state index in [0.717, 1.165) is 24.7 Å². The predicted octanol–water partition coefficient (Wildman–Crippen LogP) is 3.78. The Morgan fingerprint density at radius 2 is 2.08 bits per heavy atom. The number of benzene rings is 1. The molecule has 0 amide bonds. The van der Waals surface area contributed by atoms with E-state index >= 15 is 0 Å². The molecule has 0 aromatic heterocycles. The molecule has 0 fully saturated rings. The molecule has 4 nitrogen and oxygen atoms in total. The number of carbonyl (C=O) groups excluding carboxylic acids is 1. The average molecular weight is 361 g/mol. The van der Waals surface area contributed by atoms with Gasteiger partial charge in [-0.15, -0.1) is 6.58 Å². The lowest BCUT2D eigenvalue weighted by Gasteiger charge is -2.10. The summed E-state index contributed by atoms with van der Waals surface area (Å²) in [6, 6.07) is 4.10. The molecule has 0 saturated heterocycles. The minimum Gasteiger partial charge on any atom is -0.486 e. The van der Waals surface area contributed by atoms with Crippen LogP contribution in [0.2, 0.25) is 0 Å². The molecule has 0 aliphatic rings. The van der Waals surface area contributed by atoms with Crippen molar-refractivity contribution >= 4 is 5.78 Å². The van der Waals surface area contributed by atoms with E-state index in [4.69, 9.17) is 4.74 Å². The van der Waals surface area contributed by atoms with Crippen LogP contribution in [0.4, 0.5) is 4.39 Å². The summed E-state index contributed by atoms with van der Waals surface area (Å²) in [5.41, 5.74) is 1.14. The van der Waals surface area contributed by atoms with Gasteiger partial charge in [0, 0.05) is 25.1 Å². The number of carbonyl (C=O) groups is 1. The Kier molecular flexibility index (Phi) is 9.55. The first-order valence-electron chi connectivity index (χ1n) is 8.56. The van der Waals surface area contributed by atoms with Crippen LogP contribution in [0.25, 0.3) is 0 Å². The van der Waals surface area contributed by atoms with E-state index < -0.39 is 11.9 Å². The van der Waals surface area contributed by atoms with Gasteiger partial charge in [0.2, 0.25) is 0 Å². The van der Waals surface area contributed by atoms with Crippen LogP contribution in [-0.4, -0.2) is 48.6 Å². The van der Waals surface area contributed by atoms with E-state index in [-0.39, 0.29) is 30.1 Å². The van der Waals surface area contributed by atoms with Gasteiger partial charge in [0.1, 0.15) is 6.61 Å². The van der Waals surface area contributed by atoms with Crippen molar-refractivity contribution in [2.75, 3.05) is 26.7 Å². The van der Waals surface area contributed by atoms with Gasteiger partial charge >= 0.3 is 0 Å². The minimum atomic E-state index is -0.865. The van der Waals surface area contributed by atoms with Crippen LogP contribution in [0.3, 0.4) is 0 Å². The topological polar surface area (TPSA) is 49.8 Å². The van der Waals surface area contributed by atoms with Crippen molar-refractivity contribution in [3.05, 3.63) is 66.0 Å². The minimum absolute atomic E-state index is 0.0776. The van der Waals surface area contributed by atoms with Crippen LogP contribution >= 0.6 is 0 Å². The number of aliphatic hydroxyl groups is 1. The highest BCUT2D eigenvalue weighted by molar-refractivity contribution is 5.96. The van der Waals surface area contributed by atoms with Crippen molar-refractivity contribution in [2.45, 2.75) is 26.4 Å². The molecule has 0 unspecified atom stereocenters. The Bertz CT molecular complexity index is 663. The Morgan fingerprint density at radius 3 is 2.69 bits per heavy atom. The maximum atomic E-state index is 14.1. The fraction of sp³-hybridized carbons (Fsp3) is 0.381. The Balaban J connectivity index is 2.56. The third kappa shape index (κ3) is 8.23. The monoisotopic (exact) mass is 361 g/mol. The average Bonchev–Trinajstić information content (AvgIpc) is 2.55. The molecule has 5 heteroatoms. The fourth-order valence-electron chi connectivity index (χ4n) is 2.30. The molecule has 0 saturated carbocycles. The highest BCUT2D eigenvalue weighted by Gasteiger charge is 2.13. The second-order valence-electron chi connectivity index (χ2n) is 6.38. The van der Waals surface area contributed by atoms with E-state index in [0.29, 0.717) is 0 Å². The van der Waals surface area contributed by atoms with Gasteiger partial charge in [-0.25, -0.2) is 4.39 Å². The van der Waals surface area contributed by atoms with E-state index in [1.54, 1.807) is 6.08 Å². The highest BCUT2D eigenvalue weighted by Crippen LogP contribution is 2.20. The maximum Gasteiger partial charge on any atom is 0.165 e. The third-order valence-electron chi connectivity index (χ3n) is 3.53. The van der Waals surface area contributed by atoms with Crippen LogP contribution in [0.1, 0.15) is 30.6 Å². The number of nitrogens with zero attached hydrogens (tertiary/aromatic N) is 1. The summed E-state index contributed by atoms with van der Waals surface area (Å²) in [6.45, 7) is 9.13. The number of Topliss-reactive ketones (excluding diaryl/α,β-unsaturated/α-hetero) is 1. The molecule has 1 aromatic rings. The number of allylic oxidation sites excluding steroid dienone is 1. The van der Waals surface area contributed by atoms with Crippen molar-refractivity contribution < 1.29 is 19.0 Å². The lowest BCUT2D eigenvalue weighted by Crippen LogP contribution is -2.17. The van der Waals surface area contributed by atoms with Crippen molar-refractivity contribution in [3.8, 4) is 5.75 Å². The first kappa shape index (κ1) is 21.8. The Morgan fingerprint density at radius 1 is 1.35 bits per heavy atom. The van der Waals surface area contributed by atoms with Gasteiger partial charge in [-0.2, -0.15) is 0 Å². The lowest BCUT2D eigenvalue weighted by atomic mass is 10.0.